The van der Waals surface area contributed by atoms with Crippen LogP contribution in [0.5, 0.6) is 0 Å². The first kappa shape index (κ1) is 30.7. The number of fused-ring (bicyclic) bond motifs is 11. The number of allylic oxidation sites excluding steroid dienone is 2. The van der Waals surface area contributed by atoms with Crippen molar-refractivity contribution in [2.24, 2.45) is 0 Å². The number of hydrogen-bond acceptors (Lipinski definition) is 2. The molecular formula is C52H34N2S. The van der Waals surface area contributed by atoms with Crippen LogP contribution in [0.2, 0.25) is 0 Å². The highest BCUT2D eigenvalue weighted by molar-refractivity contribution is 7.25. The molecule has 0 fully saturated rings. The van der Waals surface area contributed by atoms with Crippen LogP contribution in [0.3, 0.4) is 0 Å². The summed E-state index contributed by atoms with van der Waals surface area (Å²) in [6, 6.07) is 63.3. The molecule has 12 rings (SSSR count). The summed E-state index contributed by atoms with van der Waals surface area (Å²) in [4.78, 5) is 2.59. The van der Waals surface area contributed by atoms with E-state index in [0.717, 1.165) is 6.42 Å². The molecule has 8 aromatic carbocycles. The van der Waals surface area contributed by atoms with Crippen molar-refractivity contribution in [3.8, 4) is 27.9 Å². The molecule has 0 amide bonds. The normalized spacial score (nSPS) is 15.0. The van der Waals surface area contributed by atoms with Crippen molar-refractivity contribution in [3.63, 3.8) is 0 Å². The van der Waals surface area contributed by atoms with E-state index in [0.29, 0.717) is 0 Å². The molecule has 2 aliphatic rings. The summed E-state index contributed by atoms with van der Waals surface area (Å²) in [6.45, 7) is 0. The molecule has 2 aromatic heterocycles. The summed E-state index contributed by atoms with van der Waals surface area (Å²) in [7, 11) is 0. The first-order valence-corrected chi connectivity index (χ1v) is 19.9. The van der Waals surface area contributed by atoms with Crippen LogP contribution in [0.15, 0.2) is 188 Å². The molecule has 0 saturated heterocycles. The minimum absolute atomic E-state index is 0.249. The monoisotopic (exact) mass is 718 g/mol. The van der Waals surface area contributed by atoms with Gasteiger partial charge < -0.3 is 9.47 Å². The molecule has 0 saturated carbocycles. The van der Waals surface area contributed by atoms with Gasteiger partial charge in [0.15, 0.2) is 0 Å². The van der Waals surface area contributed by atoms with Gasteiger partial charge in [0.25, 0.3) is 0 Å². The average Bonchev–Trinajstić information content (AvgIpc) is 3.79. The van der Waals surface area contributed by atoms with E-state index in [1.807, 2.05) is 11.3 Å². The molecule has 0 unspecified atom stereocenters. The SMILES string of the molecule is C1=C[C@@H]2CC(=C1)c1cc(-c3ccc4c5ccccc5n(-c5ccccc5)c4c3)ccc1N2c1cccc2c(-c3ccc4sc5ccccc5c4c3)cccc12. The maximum absolute atomic E-state index is 2.59. The van der Waals surface area contributed by atoms with E-state index in [2.05, 4.69) is 198 Å². The molecule has 1 aliphatic carbocycles. The Morgan fingerprint density at radius 3 is 2.13 bits per heavy atom. The van der Waals surface area contributed by atoms with Crippen molar-refractivity contribution in [1.29, 1.82) is 0 Å². The predicted octanol–water partition coefficient (Wildman–Crippen LogP) is 14.5. The van der Waals surface area contributed by atoms with Crippen molar-refractivity contribution in [1.82, 2.24) is 4.57 Å². The van der Waals surface area contributed by atoms with E-state index in [1.165, 1.54) is 103 Å². The number of anilines is 2. The lowest BCUT2D eigenvalue weighted by atomic mass is 9.84. The summed E-state index contributed by atoms with van der Waals surface area (Å²) in [6.07, 6.45) is 7.92. The van der Waals surface area contributed by atoms with Gasteiger partial charge in [-0.05, 0) is 100 Å². The molecular weight excluding hydrogens is 685 g/mol. The van der Waals surface area contributed by atoms with Gasteiger partial charge in [0, 0.05) is 59.0 Å². The third-order valence-corrected chi connectivity index (χ3v) is 13.0. The van der Waals surface area contributed by atoms with Crippen molar-refractivity contribution < 1.29 is 0 Å². The maximum Gasteiger partial charge on any atom is 0.0566 e. The fourth-order valence-corrected chi connectivity index (χ4v) is 10.4. The van der Waals surface area contributed by atoms with E-state index >= 15 is 0 Å². The Morgan fingerprint density at radius 2 is 1.18 bits per heavy atom. The van der Waals surface area contributed by atoms with Crippen molar-refractivity contribution in [2.75, 3.05) is 4.90 Å². The topological polar surface area (TPSA) is 8.17 Å². The Labute approximate surface area is 323 Å². The largest absolute Gasteiger partial charge is 0.333 e. The third-order valence-electron chi connectivity index (χ3n) is 11.9. The van der Waals surface area contributed by atoms with Gasteiger partial charge in [-0.25, -0.2) is 0 Å². The molecule has 2 bridgehead atoms. The van der Waals surface area contributed by atoms with Crippen LogP contribution in [0.25, 0.3) is 86.3 Å². The second-order valence-corrected chi connectivity index (χ2v) is 15.9. The molecule has 0 N–H and O–H groups in total. The van der Waals surface area contributed by atoms with E-state index in [9.17, 15) is 0 Å². The van der Waals surface area contributed by atoms with E-state index in [4.69, 9.17) is 0 Å². The summed E-state index contributed by atoms with van der Waals surface area (Å²) < 4.78 is 5.08. The van der Waals surface area contributed by atoms with Crippen LogP contribution in [-0.4, -0.2) is 10.6 Å². The zero-order valence-corrected chi connectivity index (χ0v) is 30.8. The molecule has 10 aromatic rings. The standard InChI is InChI=1S/C52H34N2S/c1-2-12-37(13-3-1)53-47-20-6-4-15-42(47)43-26-23-34(32-50(43)53)33-24-27-49-45(30-33)35-11-8-14-38(29-35)54(49)48-21-10-18-40-39(17-9-19-41(40)48)36-25-28-52-46(31-36)44-16-5-7-22-51(44)55-52/h1-28,30-32,38H,29H2/t38-/m1/s1. The fraction of sp³-hybridized carbons (Fsp3) is 0.0385. The van der Waals surface area contributed by atoms with E-state index in [1.54, 1.807) is 0 Å². The Balaban J connectivity index is 0.995. The van der Waals surface area contributed by atoms with Crippen molar-refractivity contribution >= 4 is 81.0 Å². The summed E-state index contributed by atoms with van der Waals surface area (Å²) in [5.74, 6) is 0. The highest BCUT2D eigenvalue weighted by Gasteiger charge is 2.31. The fourth-order valence-electron chi connectivity index (χ4n) is 9.36. The van der Waals surface area contributed by atoms with Crippen molar-refractivity contribution in [3.05, 3.63) is 194 Å². The van der Waals surface area contributed by atoms with E-state index < -0.39 is 0 Å². The number of aromatic nitrogens is 1. The van der Waals surface area contributed by atoms with Crippen LogP contribution >= 0.6 is 11.3 Å². The van der Waals surface area contributed by atoms with Gasteiger partial charge in [-0.3, -0.25) is 0 Å². The first-order valence-electron chi connectivity index (χ1n) is 19.1. The number of para-hydroxylation sites is 2. The summed E-state index contributed by atoms with van der Waals surface area (Å²) in [5.41, 5.74) is 13.8. The van der Waals surface area contributed by atoms with E-state index in [-0.39, 0.29) is 6.04 Å². The number of hydrogen-bond donors (Lipinski definition) is 0. The Hall–Kier alpha value is -6.68. The second-order valence-electron chi connectivity index (χ2n) is 14.9. The molecule has 2 nitrogen and oxygen atoms in total. The molecule has 1 aliphatic heterocycles. The Morgan fingerprint density at radius 1 is 0.455 bits per heavy atom. The van der Waals surface area contributed by atoms with Crippen molar-refractivity contribution in [2.45, 2.75) is 12.5 Å². The zero-order chi connectivity index (χ0) is 36.0. The Bertz CT molecular complexity index is 3250. The zero-order valence-electron chi connectivity index (χ0n) is 30.0. The van der Waals surface area contributed by atoms with Gasteiger partial charge >= 0.3 is 0 Å². The molecule has 3 heteroatoms. The lowest BCUT2D eigenvalue weighted by molar-refractivity contribution is 0.778. The van der Waals surface area contributed by atoms with Gasteiger partial charge in [0.1, 0.15) is 0 Å². The van der Waals surface area contributed by atoms with Gasteiger partial charge in [-0.2, -0.15) is 0 Å². The highest BCUT2D eigenvalue weighted by atomic mass is 32.1. The number of benzene rings is 8. The number of rotatable bonds is 4. The van der Waals surface area contributed by atoms with Gasteiger partial charge in [-0.1, -0.05) is 127 Å². The van der Waals surface area contributed by atoms with Crippen LogP contribution in [0.1, 0.15) is 12.0 Å². The molecule has 0 spiro atoms. The van der Waals surface area contributed by atoms with Crippen LogP contribution < -0.4 is 4.90 Å². The molecule has 55 heavy (non-hydrogen) atoms. The Kier molecular flexibility index (Phi) is 6.66. The quantitative estimate of drug-likeness (QED) is 0.176. The minimum Gasteiger partial charge on any atom is -0.333 e. The number of nitrogens with zero attached hydrogens (tertiary/aromatic N) is 2. The third kappa shape index (κ3) is 4.67. The minimum atomic E-state index is 0.249. The molecule has 1 atom stereocenters. The maximum atomic E-state index is 2.59. The molecule has 0 radical (unpaired) electrons. The predicted molar refractivity (Wildman–Crippen MR) is 236 cm³/mol. The summed E-state index contributed by atoms with van der Waals surface area (Å²) >= 11 is 1.87. The van der Waals surface area contributed by atoms with Gasteiger partial charge in [0.05, 0.1) is 17.1 Å². The van der Waals surface area contributed by atoms with Crippen LogP contribution in [0.4, 0.5) is 11.4 Å². The second kappa shape index (κ2) is 11.9. The molecule has 258 valence electrons. The molecule has 3 heterocycles. The average molecular weight is 719 g/mol. The van der Waals surface area contributed by atoms with Crippen LogP contribution in [-0.2, 0) is 0 Å². The number of thiophene rings is 1. The van der Waals surface area contributed by atoms with Crippen LogP contribution in [0, 0.1) is 0 Å². The summed E-state index contributed by atoms with van der Waals surface area (Å²) in [5, 5.41) is 7.77. The highest BCUT2D eigenvalue weighted by Crippen LogP contribution is 2.48. The smallest absolute Gasteiger partial charge is 0.0566 e. The van der Waals surface area contributed by atoms with Gasteiger partial charge in [0.2, 0.25) is 0 Å². The van der Waals surface area contributed by atoms with Gasteiger partial charge in [-0.15, -0.1) is 11.3 Å². The first-order chi connectivity index (χ1) is 27.3. The lowest BCUT2D eigenvalue weighted by Gasteiger charge is -2.41. The lowest BCUT2D eigenvalue weighted by Crippen LogP contribution is -2.34.